The summed E-state index contributed by atoms with van der Waals surface area (Å²) in [6, 6.07) is 17.1. The van der Waals surface area contributed by atoms with E-state index in [4.69, 9.17) is 4.42 Å². The minimum atomic E-state index is 0.488. The lowest BCUT2D eigenvalue weighted by Crippen LogP contribution is -2.25. The van der Waals surface area contributed by atoms with Crippen LogP contribution in [0.25, 0.3) is 21.9 Å². The molecule has 2 aromatic heterocycles. The molecule has 4 aromatic rings. The standard InChI is InChI=1S/C23H25N3O/c1-17(25-15-18-10-11-20-16-24-13-12-19(20)14-18)6-2-5-9-23-26-21-7-3-4-8-22(21)27-23/h3-4,7-8,10-14,16-17,25H,2,5-6,9,15H2,1H3/t17-/m1/s1. The molecule has 4 rings (SSSR count). The van der Waals surface area contributed by atoms with E-state index >= 15 is 0 Å². The number of unbranched alkanes of at least 4 members (excludes halogenated alkanes) is 1. The smallest absolute Gasteiger partial charge is 0.195 e. The highest BCUT2D eigenvalue weighted by molar-refractivity contribution is 5.82. The molecule has 0 unspecified atom stereocenters. The van der Waals surface area contributed by atoms with Gasteiger partial charge in [-0.05, 0) is 55.0 Å². The van der Waals surface area contributed by atoms with Crippen LogP contribution in [-0.2, 0) is 13.0 Å². The van der Waals surface area contributed by atoms with Gasteiger partial charge >= 0.3 is 0 Å². The number of hydrogen-bond donors (Lipinski definition) is 1. The second-order valence-electron chi connectivity index (χ2n) is 7.16. The van der Waals surface area contributed by atoms with Gasteiger partial charge < -0.3 is 9.73 Å². The van der Waals surface area contributed by atoms with Crippen LogP contribution in [0.4, 0.5) is 0 Å². The molecule has 0 amide bonds. The fourth-order valence-electron chi connectivity index (χ4n) is 3.39. The van der Waals surface area contributed by atoms with Crippen LogP contribution in [0.5, 0.6) is 0 Å². The van der Waals surface area contributed by atoms with Gasteiger partial charge in [0.05, 0.1) is 0 Å². The molecule has 0 aliphatic heterocycles. The fourth-order valence-corrected chi connectivity index (χ4v) is 3.39. The number of aryl methyl sites for hydroxylation is 1. The van der Waals surface area contributed by atoms with E-state index in [1.165, 1.54) is 16.3 Å². The number of oxazole rings is 1. The van der Waals surface area contributed by atoms with Crippen LogP contribution in [0.3, 0.4) is 0 Å². The number of nitrogens with one attached hydrogen (secondary N) is 1. The molecule has 0 saturated heterocycles. The molecule has 1 atom stereocenters. The predicted molar refractivity (Wildman–Crippen MR) is 110 cm³/mol. The molecular weight excluding hydrogens is 334 g/mol. The number of fused-ring (bicyclic) bond motifs is 2. The normalized spacial score (nSPS) is 12.6. The Bertz CT molecular complexity index is 991. The highest BCUT2D eigenvalue weighted by Gasteiger charge is 2.06. The summed E-state index contributed by atoms with van der Waals surface area (Å²) in [6.07, 6.45) is 8.07. The Kier molecular flexibility index (Phi) is 5.45. The second-order valence-corrected chi connectivity index (χ2v) is 7.16. The largest absolute Gasteiger partial charge is 0.441 e. The van der Waals surface area contributed by atoms with Crippen molar-refractivity contribution in [3.05, 3.63) is 72.4 Å². The zero-order valence-electron chi connectivity index (χ0n) is 15.7. The third kappa shape index (κ3) is 4.52. The zero-order chi connectivity index (χ0) is 18.5. The van der Waals surface area contributed by atoms with E-state index in [0.29, 0.717) is 6.04 Å². The quantitative estimate of drug-likeness (QED) is 0.436. The van der Waals surface area contributed by atoms with Crippen LogP contribution < -0.4 is 5.32 Å². The SMILES string of the molecule is C[C@H](CCCCc1nc2ccccc2o1)NCc1ccc2cnccc2c1. The summed E-state index contributed by atoms with van der Waals surface area (Å²) in [6.45, 7) is 3.15. The lowest BCUT2D eigenvalue weighted by atomic mass is 10.1. The highest BCUT2D eigenvalue weighted by Crippen LogP contribution is 2.17. The number of rotatable bonds is 8. The molecule has 27 heavy (non-hydrogen) atoms. The molecule has 0 bridgehead atoms. The first-order valence-electron chi connectivity index (χ1n) is 9.68. The van der Waals surface area contributed by atoms with E-state index in [9.17, 15) is 0 Å². The first-order valence-corrected chi connectivity index (χ1v) is 9.68. The molecule has 0 aliphatic carbocycles. The van der Waals surface area contributed by atoms with Gasteiger partial charge in [-0.2, -0.15) is 0 Å². The Morgan fingerprint density at radius 3 is 2.89 bits per heavy atom. The maximum atomic E-state index is 5.78. The average molecular weight is 359 g/mol. The van der Waals surface area contributed by atoms with Gasteiger partial charge in [0.25, 0.3) is 0 Å². The van der Waals surface area contributed by atoms with Gasteiger partial charge in [0.15, 0.2) is 11.5 Å². The van der Waals surface area contributed by atoms with Gasteiger partial charge in [-0.1, -0.05) is 30.7 Å². The topological polar surface area (TPSA) is 51.0 Å². The van der Waals surface area contributed by atoms with Crippen molar-refractivity contribution in [1.29, 1.82) is 0 Å². The number of hydrogen-bond acceptors (Lipinski definition) is 4. The van der Waals surface area contributed by atoms with E-state index in [1.807, 2.05) is 36.7 Å². The summed E-state index contributed by atoms with van der Waals surface area (Å²) in [5.74, 6) is 0.850. The van der Waals surface area contributed by atoms with E-state index in [1.54, 1.807) is 0 Å². The molecule has 2 heterocycles. The third-order valence-corrected chi connectivity index (χ3v) is 4.98. The molecule has 138 valence electrons. The van der Waals surface area contributed by atoms with Crippen molar-refractivity contribution < 1.29 is 4.42 Å². The van der Waals surface area contributed by atoms with Crippen molar-refractivity contribution in [3.8, 4) is 0 Å². The maximum absolute atomic E-state index is 5.78. The van der Waals surface area contributed by atoms with Crippen molar-refractivity contribution in [1.82, 2.24) is 15.3 Å². The van der Waals surface area contributed by atoms with Gasteiger partial charge in [0.2, 0.25) is 0 Å². The second kappa shape index (κ2) is 8.31. The van der Waals surface area contributed by atoms with Gasteiger partial charge in [0, 0.05) is 36.8 Å². The van der Waals surface area contributed by atoms with Gasteiger partial charge in [-0.25, -0.2) is 4.98 Å². The van der Waals surface area contributed by atoms with Crippen molar-refractivity contribution in [2.45, 2.75) is 45.2 Å². The molecule has 4 nitrogen and oxygen atoms in total. The average Bonchev–Trinajstić information content (AvgIpc) is 3.12. The van der Waals surface area contributed by atoms with Crippen molar-refractivity contribution >= 4 is 21.9 Å². The molecular formula is C23H25N3O. The Balaban J connectivity index is 1.20. The molecule has 0 spiro atoms. The Morgan fingerprint density at radius 2 is 1.96 bits per heavy atom. The lowest BCUT2D eigenvalue weighted by molar-refractivity contribution is 0.469. The first-order chi connectivity index (χ1) is 13.3. The van der Waals surface area contributed by atoms with Crippen LogP contribution >= 0.6 is 0 Å². The minimum absolute atomic E-state index is 0.488. The van der Waals surface area contributed by atoms with Gasteiger partial charge in [0.1, 0.15) is 5.52 Å². The fraction of sp³-hybridized carbons (Fsp3) is 0.304. The number of pyridine rings is 1. The Hall–Kier alpha value is -2.72. The monoisotopic (exact) mass is 359 g/mol. The minimum Gasteiger partial charge on any atom is -0.441 e. The van der Waals surface area contributed by atoms with E-state index in [0.717, 1.165) is 49.2 Å². The summed E-state index contributed by atoms with van der Waals surface area (Å²) in [7, 11) is 0. The molecule has 2 aromatic carbocycles. The van der Waals surface area contributed by atoms with E-state index < -0.39 is 0 Å². The number of aromatic nitrogens is 2. The van der Waals surface area contributed by atoms with Gasteiger partial charge in [-0.3, -0.25) is 4.98 Å². The summed E-state index contributed by atoms with van der Waals surface area (Å²) in [4.78, 5) is 8.71. The summed E-state index contributed by atoms with van der Waals surface area (Å²) < 4.78 is 5.78. The van der Waals surface area contributed by atoms with Crippen molar-refractivity contribution in [2.24, 2.45) is 0 Å². The summed E-state index contributed by atoms with van der Waals surface area (Å²) in [5.41, 5.74) is 3.15. The van der Waals surface area contributed by atoms with Gasteiger partial charge in [-0.15, -0.1) is 0 Å². The van der Waals surface area contributed by atoms with E-state index in [-0.39, 0.29) is 0 Å². The summed E-state index contributed by atoms with van der Waals surface area (Å²) >= 11 is 0. The third-order valence-electron chi connectivity index (χ3n) is 4.98. The van der Waals surface area contributed by atoms with Crippen LogP contribution in [0.1, 0.15) is 37.6 Å². The zero-order valence-corrected chi connectivity index (χ0v) is 15.7. The Morgan fingerprint density at radius 1 is 1.04 bits per heavy atom. The Labute approximate surface area is 159 Å². The molecule has 0 radical (unpaired) electrons. The first kappa shape index (κ1) is 17.7. The molecule has 0 aliphatic rings. The number of nitrogens with zero attached hydrogens (tertiary/aromatic N) is 2. The van der Waals surface area contributed by atoms with Crippen LogP contribution in [0.15, 0.2) is 65.3 Å². The molecule has 1 N–H and O–H groups in total. The molecule has 4 heteroatoms. The van der Waals surface area contributed by atoms with E-state index in [2.05, 4.69) is 46.5 Å². The number of benzene rings is 2. The highest BCUT2D eigenvalue weighted by atomic mass is 16.3. The van der Waals surface area contributed by atoms with Crippen LogP contribution in [0, 0.1) is 0 Å². The maximum Gasteiger partial charge on any atom is 0.195 e. The summed E-state index contributed by atoms with van der Waals surface area (Å²) in [5, 5.41) is 6.06. The van der Waals surface area contributed by atoms with Crippen LogP contribution in [-0.4, -0.2) is 16.0 Å². The lowest BCUT2D eigenvalue weighted by Gasteiger charge is -2.14. The van der Waals surface area contributed by atoms with Crippen LogP contribution in [0.2, 0.25) is 0 Å². The predicted octanol–water partition coefficient (Wildman–Crippen LogP) is 5.27. The van der Waals surface area contributed by atoms with Crippen molar-refractivity contribution in [2.75, 3.05) is 0 Å². The van der Waals surface area contributed by atoms with Crippen molar-refractivity contribution in [3.63, 3.8) is 0 Å². The molecule has 0 fully saturated rings. The molecule has 0 saturated carbocycles. The number of para-hydroxylation sites is 2.